The molecule has 1 aliphatic heterocycles. The monoisotopic (exact) mass is 186 g/mol. The van der Waals surface area contributed by atoms with Crippen molar-refractivity contribution in [3.8, 4) is 0 Å². The zero-order valence-corrected chi connectivity index (χ0v) is 8.30. The van der Waals surface area contributed by atoms with E-state index in [1.807, 2.05) is 6.92 Å². The van der Waals surface area contributed by atoms with E-state index >= 15 is 0 Å². The van der Waals surface area contributed by atoms with Crippen LogP contribution < -0.4 is 10.6 Å². The Hall–Kier alpha value is -0.770. The van der Waals surface area contributed by atoms with E-state index < -0.39 is 0 Å². The molecule has 0 saturated carbocycles. The van der Waals surface area contributed by atoms with Crippen molar-refractivity contribution in [1.82, 2.24) is 10.6 Å². The van der Waals surface area contributed by atoms with Crippen molar-refractivity contribution in [2.45, 2.75) is 38.9 Å². The second kappa shape index (κ2) is 5.07. The number of rotatable bonds is 3. The van der Waals surface area contributed by atoms with Crippen molar-refractivity contribution in [2.24, 2.45) is 0 Å². The second-order valence-corrected chi connectivity index (χ2v) is 3.39. The van der Waals surface area contributed by atoms with E-state index in [-0.39, 0.29) is 12.1 Å². The lowest BCUT2D eigenvalue weighted by atomic mass is 10.2. The number of hydrogen-bond acceptors (Lipinski definition) is 2. The van der Waals surface area contributed by atoms with Crippen LogP contribution in [0.3, 0.4) is 0 Å². The number of nitrogens with one attached hydrogen (secondary N) is 2. The summed E-state index contributed by atoms with van der Waals surface area (Å²) < 4.78 is 5.55. The highest BCUT2D eigenvalue weighted by Crippen LogP contribution is 2.17. The van der Waals surface area contributed by atoms with Crippen LogP contribution in [-0.4, -0.2) is 31.3 Å². The van der Waals surface area contributed by atoms with Crippen molar-refractivity contribution in [1.29, 1.82) is 0 Å². The number of ether oxygens (including phenoxy) is 1. The van der Waals surface area contributed by atoms with Gasteiger partial charge in [-0.3, -0.25) is 0 Å². The van der Waals surface area contributed by atoms with Crippen LogP contribution >= 0.6 is 0 Å². The Morgan fingerprint density at radius 3 is 2.77 bits per heavy atom. The van der Waals surface area contributed by atoms with Crippen LogP contribution in [-0.2, 0) is 4.74 Å². The Morgan fingerprint density at radius 2 is 2.23 bits per heavy atom. The highest BCUT2D eigenvalue weighted by atomic mass is 16.5. The van der Waals surface area contributed by atoms with Crippen molar-refractivity contribution >= 4 is 6.03 Å². The molecule has 2 N–H and O–H groups in total. The summed E-state index contributed by atoms with van der Waals surface area (Å²) in [4.78, 5) is 11.0. The predicted molar refractivity (Wildman–Crippen MR) is 50.6 cm³/mol. The number of hydrogen-bond donors (Lipinski definition) is 2. The van der Waals surface area contributed by atoms with Gasteiger partial charge in [0.2, 0.25) is 0 Å². The molecule has 0 radical (unpaired) electrons. The molecule has 0 aliphatic carbocycles. The Balaban J connectivity index is 2.09. The average Bonchev–Trinajstić information content (AvgIpc) is 2.49. The lowest BCUT2D eigenvalue weighted by Crippen LogP contribution is -2.39. The largest absolute Gasteiger partial charge is 0.373 e. The molecule has 1 aliphatic rings. The zero-order chi connectivity index (χ0) is 9.68. The lowest BCUT2D eigenvalue weighted by molar-refractivity contribution is 0.0574. The van der Waals surface area contributed by atoms with Crippen LogP contribution in [0.25, 0.3) is 0 Å². The van der Waals surface area contributed by atoms with E-state index in [0.29, 0.717) is 19.2 Å². The van der Waals surface area contributed by atoms with E-state index in [1.54, 1.807) is 0 Å². The fraction of sp³-hybridized carbons (Fsp3) is 0.889. The molecule has 0 aromatic heterocycles. The molecule has 13 heavy (non-hydrogen) atoms. The summed E-state index contributed by atoms with van der Waals surface area (Å²) in [7, 11) is 0. The maximum Gasteiger partial charge on any atom is 0.314 e. The van der Waals surface area contributed by atoms with Gasteiger partial charge in [-0.25, -0.2) is 4.79 Å². The first kappa shape index (κ1) is 10.3. The first-order chi connectivity index (χ1) is 6.22. The molecule has 0 spiro atoms. The molecule has 4 nitrogen and oxygen atoms in total. The summed E-state index contributed by atoms with van der Waals surface area (Å²) in [6, 6.07) is -0.106. The maximum absolute atomic E-state index is 11.0. The molecule has 0 aromatic rings. The van der Waals surface area contributed by atoms with Gasteiger partial charge in [0.1, 0.15) is 0 Å². The third kappa shape index (κ3) is 3.63. The van der Waals surface area contributed by atoms with E-state index in [1.165, 1.54) is 0 Å². The Labute approximate surface area is 79.0 Å². The molecule has 1 saturated heterocycles. The molecule has 2 amide bonds. The van der Waals surface area contributed by atoms with Crippen molar-refractivity contribution in [3.05, 3.63) is 0 Å². The minimum atomic E-state index is -0.106. The smallest absolute Gasteiger partial charge is 0.314 e. The summed E-state index contributed by atoms with van der Waals surface area (Å²) >= 11 is 0. The van der Waals surface area contributed by atoms with Crippen LogP contribution in [0.5, 0.6) is 0 Å². The Kier molecular flexibility index (Phi) is 4.02. The third-order valence-corrected chi connectivity index (χ3v) is 2.15. The molecule has 4 heteroatoms. The maximum atomic E-state index is 11.0. The van der Waals surface area contributed by atoms with Gasteiger partial charge in [0.25, 0.3) is 0 Å². The lowest BCUT2D eigenvalue weighted by Gasteiger charge is -2.12. The van der Waals surface area contributed by atoms with Crippen LogP contribution in [0.15, 0.2) is 0 Å². The van der Waals surface area contributed by atoms with Crippen LogP contribution in [0.2, 0.25) is 0 Å². The number of carbonyl (C=O) groups is 1. The van der Waals surface area contributed by atoms with Crippen molar-refractivity contribution in [3.63, 3.8) is 0 Å². The van der Waals surface area contributed by atoms with Gasteiger partial charge in [-0.2, -0.15) is 0 Å². The molecule has 1 rings (SSSR count). The summed E-state index contributed by atoms with van der Waals surface area (Å²) in [5.74, 6) is 0. The molecule has 1 fully saturated rings. The summed E-state index contributed by atoms with van der Waals surface area (Å²) in [5.41, 5.74) is 0. The number of urea groups is 1. The van der Waals surface area contributed by atoms with Gasteiger partial charge in [-0.05, 0) is 26.7 Å². The Morgan fingerprint density at radius 1 is 1.46 bits per heavy atom. The van der Waals surface area contributed by atoms with Gasteiger partial charge in [0.15, 0.2) is 0 Å². The van der Waals surface area contributed by atoms with Gasteiger partial charge < -0.3 is 15.4 Å². The second-order valence-electron chi connectivity index (χ2n) is 3.39. The van der Waals surface area contributed by atoms with Gasteiger partial charge in [-0.15, -0.1) is 0 Å². The van der Waals surface area contributed by atoms with E-state index in [0.717, 1.165) is 12.8 Å². The molecule has 0 aromatic carbocycles. The minimum Gasteiger partial charge on any atom is -0.373 e. The minimum absolute atomic E-state index is 0.106. The zero-order valence-electron chi connectivity index (χ0n) is 8.30. The summed E-state index contributed by atoms with van der Waals surface area (Å²) in [6.45, 7) is 5.24. The number of amides is 2. The highest BCUT2D eigenvalue weighted by molar-refractivity contribution is 5.73. The van der Waals surface area contributed by atoms with Crippen LogP contribution in [0.4, 0.5) is 4.79 Å². The third-order valence-electron chi connectivity index (χ3n) is 2.15. The number of carbonyl (C=O) groups excluding carboxylic acids is 1. The van der Waals surface area contributed by atoms with E-state index in [9.17, 15) is 4.79 Å². The fourth-order valence-electron chi connectivity index (χ4n) is 1.46. The molecule has 2 unspecified atom stereocenters. The van der Waals surface area contributed by atoms with E-state index in [2.05, 4.69) is 17.6 Å². The first-order valence-electron chi connectivity index (χ1n) is 4.89. The van der Waals surface area contributed by atoms with Crippen molar-refractivity contribution < 1.29 is 9.53 Å². The van der Waals surface area contributed by atoms with Crippen molar-refractivity contribution in [2.75, 3.05) is 13.1 Å². The topological polar surface area (TPSA) is 50.4 Å². The first-order valence-corrected chi connectivity index (χ1v) is 4.89. The SMILES string of the molecule is CCNC(=O)NCC1CCC(C)O1. The van der Waals surface area contributed by atoms with Gasteiger partial charge in [-0.1, -0.05) is 0 Å². The summed E-state index contributed by atoms with van der Waals surface area (Å²) in [5, 5.41) is 5.45. The normalized spacial score (nSPS) is 27.2. The highest BCUT2D eigenvalue weighted by Gasteiger charge is 2.21. The summed E-state index contributed by atoms with van der Waals surface area (Å²) in [6.07, 6.45) is 2.70. The molecule has 76 valence electrons. The standard InChI is InChI=1S/C9H18N2O2/c1-3-10-9(12)11-6-8-5-4-7(2)13-8/h7-8H,3-6H2,1-2H3,(H2,10,11,12). The quantitative estimate of drug-likeness (QED) is 0.687. The Bertz CT molecular complexity index is 173. The van der Waals surface area contributed by atoms with Gasteiger partial charge in [0.05, 0.1) is 12.2 Å². The predicted octanol–water partition coefficient (Wildman–Crippen LogP) is 0.873. The van der Waals surface area contributed by atoms with Gasteiger partial charge >= 0.3 is 6.03 Å². The fourth-order valence-corrected chi connectivity index (χ4v) is 1.46. The molecule has 2 atom stereocenters. The molecule has 0 bridgehead atoms. The molecular formula is C9H18N2O2. The molecular weight excluding hydrogens is 168 g/mol. The van der Waals surface area contributed by atoms with E-state index in [4.69, 9.17) is 4.74 Å². The van der Waals surface area contributed by atoms with Gasteiger partial charge in [0, 0.05) is 13.1 Å². The average molecular weight is 186 g/mol. The van der Waals surface area contributed by atoms with Crippen LogP contribution in [0.1, 0.15) is 26.7 Å². The van der Waals surface area contributed by atoms with Crippen LogP contribution in [0, 0.1) is 0 Å². The molecule has 1 heterocycles.